The van der Waals surface area contributed by atoms with E-state index >= 15 is 0 Å². The monoisotopic (exact) mass is 276 g/mol. The first kappa shape index (κ1) is 14.0. The predicted octanol–water partition coefficient (Wildman–Crippen LogP) is 2.52. The van der Waals surface area contributed by atoms with Gasteiger partial charge in [0.15, 0.2) is 0 Å². The van der Waals surface area contributed by atoms with Crippen LogP contribution in [0, 0.1) is 5.41 Å². The SMILES string of the molecule is CC1(C(=O)NCc2ccc(C(N)=S)cc2)CCCC1. The average Bonchev–Trinajstić information content (AvgIpc) is 2.84. The van der Waals surface area contributed by atoms with Crippen molar-refractivity contribution >= 4 is 23.1 Å². The Labute approximate surface area is 119 Å². The number of hydrogen-bond donors (Lipinski definition) is 2. The van der Waals surface area contributed by atoms with Crippen molar-refractivity contribution in [3.8, 4) is 0 Å². The Hall–Kier alpha value is -1.42. The van der Waals surface area contributed by atoms with E-state index in [0.29, 0.717) is 11.5 Å². The molecule has 1 fully saturated rings. The third-order valence-electron chi connectivity index (χ3n) is 3.95. The lowest BCUT2D eigenvalue weighted by Crippen LogP contribution is -2.36. The Morgan fingerprint density at radius 2 is 1.89 bits per heavy atom. The molecule has 3 nitrogen and oxygen atoms in total. The first-order chi connectivity index (χ1) is 9.01. The van der Waals surface area contributed by atoms with Crippen molar-refractivity contribution in [1.82, 2.24) is 5.32 Å². The van der Waals surface area contributed by atoms with E-state index in [4.69, 9.17) is 18.0 Å². The molecule has 0 aromatic heterocycles. The van der Waals surface area contributed by atoms with E-state index < -0.39 is 0 Å². The fourth-order valence-electron chi connectivity index (χ4n) is 2.56. The number of amides is 1. The van der Waals surface area contributed by atoms with Crippen LogP contribution in [0.15, 0.2) is 24.3 Å². The molecule has 0 radical (unpaired) electrons. The standard InChI is InChI=1S/C15H20N2OS/c1-15(8-2-3-9-15)14(18)17-10-11-4-6-12(7-5-11)13(16)19/h4-7H,2-3,8-10H2,1H3,(H2,16,19)(H,17,18). The van der Waals surface area contributed by atoms with E-state index in [1.54, 1.807) is 0 Å². The number of carbonyl (C=O) groups is 1. The molecule has 0 saturated heterocycles. The van der Waals surface area contributed by atoms with Crippen LogP contribution in [0.1, 0.15) is 43.7 Å². The molecule has 0 atom stereocenters. The number of nitrogens with one attached hydrogen (secondary N) is 1. The Morgan fingerprint density at radius 3 is 2.42 bits per heavy atom. The first-order valence-corrected chi connectivity index (χ1v) is 7.09. The van der Waals surface area contributed by atoms with Crippen LogP contribution in [-0.4, -0.2) is 10.9 Å². The summed E-state index contributed by atoms with van der Waals surface area (Å²) in [5, 5.41) is 3.03. The van der Waals surface area contributed by atoms with Crippen LogP contribution in [0.2, 0.25) is 0 Å². The highest BCUT2D eigenvalue weighted by Gasteiger charge is 2.35. The van der Waals surface area contributed by atoms with E-state index in [1.165, 1.54) is 0 Å². The third kappa shape index (κ3) is 3.32. The van der Waals surface area contributed by atoms with Gasteiger partial charge in [-0.15, -0.1) is 0 Å². The van der Waals surface area contributed by atoms with Crippen molar-refractivity contribution in [2.75, 3.05) is 0 Å². The average molecular weight is 276 g/mol. The smallest absolute Gasteiger partial charge is 0.226 e. The van der Waals surface area contributed by atoms with E-state index in [2.05, 4.69) is 12.2 Å². The summed E-state index contributed by atoms with van der Waals surface area (Å²) in [5.74, 6) is 0.170. The van der Waals surface area contributed by atoms with Gasteiger partial charge in [-0.1, -0.05) is 56.2 Å². The first-order valence-electron chi connectivity index (χ1n) is 6.68. The molecule has 19 heavy (non-hydrogen) atoms. The van der Waals surface area contributed by atoms with Gasteiger partial charge >= 0.3 is 0 Å². The van der Waals surface area contributed by atoms with Crippen LogP contribution >= 0.6 is 12.2 Å². The Bertz CT molecular complexity index is 475. The molecule has 4 heteroatoms. The maximum Gasteiger partial charge on any atom is 0.226 e. The van der Waals surface area contributed by atoms with Crippen molar-refractivity contribution in [2.45, 2.75) is 39.2 Å². The van der Waals surface area contributed by atoms with Gasteiger partial charge in [-0.3, -0.25) is 4.79 Å². The Morgan fingerprint density at radius 1 is 1.32 bits per heavy atom. The zero-order valence-corrected chi connectivity index (χ0v) is 12.1. The van der Waals surface area contributed by atoms with Gasteiger partial charge in [0.05, 0.1) is 0 Å². The van der Waals surface area contributed by atoms with Crippen molar-refractivity contribution in [3.05, 3.63) is 35.4 Å². The van der Waals surface area contributed by atoms with E-state index in [1.807, 2.05) is 24.3 Å². The molecule has 1 aliphatic carbocycles. The van der Waals surface area contributed by atoms with Crippen LogP contribution in [0.25, 0.3) is 0 Å². The van der Waals surface area contributed by atoms with Gasteiger partial charge in [-0.2, -0.15) is 0 Å². The number of nitrogens with two attached hydrogens (primary N) is 1. The zero-order chi connectivity index (χ0) is 13.9. The molecular weight excluding hydrogens is 256 g/mol. The number of thiocarbonyl (C=S) groups is 1. The fourth-order valence-corrected chi connectivity index (χ4v) is 2.70. The molecule has 0 bridgehead atoms. The second-order valence-corrected chi connectivity index (χ2v) is 5.95. The quantitative estimate of drug-likeness (QED) is 0.831. The minimum Gasteiger partial charge on any atom is -0.389 e. The number of rotatable bonds is 4. The Kier molecular flexibility index (Phi) is 4.20. The lowest BCUT2D eigenvalue weighted by atomic mass is 9.88. The molecule has 1 saturated carbocycles. The van der Waals surface area contributed by atoms with Crippen LogP contribution in [0.5, 0.6) is 0 Å². The van der Waals surface area contributed by atoms with Gasteiger partial charge in [0.1, 0.15) is 4.99 Å². The molecule has 1 aromatic rings. The summed E-state index contributed by atoms with van der Waals surface area (Å²) in [6.45, 7) is 2.62. The molecule has 0 aliphatic heterocycles. The maximum absolute atomic E-state index is 12.2. The molecular formula is C15H20N2OS. The fraction of sp³-hybridized carbons (Fsp3) is 0.467. The number of carbonyl (C=O) groups excluding carboxylic acids is 1. The molecule has 0 unspecified atom stereocenters. The van der Waals surface area contributed by atoms with Crippen molar-refractivity contribution in [1.29, 1.82) is 0 Å². The summed E-state index contributed by atoms with van der Waals surface area (Å²) >= 11 is 4.91. The van der Waals surface area contributed by atoms with Gasteiger partial charge in [0.2, 0.25) is 5.91 Å². The number of hydrogen-bond acceptors (Lipinski definition) is 2. The summed E-state index contributed by atoms with van der Waals surface area (Å²) < 4.78 is 0. The highest BCUT2D eigenvalue weighted by atomic mass is 32.1. The molecule has 3 N–H and O–H groups in total. The Balaban J connectivity index is 1.91. The van der Waals surface area contributed by atoms with Crippen LogP contribution in [0.4, 0.5) is 0 Å². The minimum atomic E-state index is -0.168. The van der Waals surface area contributed by atoms with Crippen molar-refractivity contribution < 1.29 is 4.79 Å². The summed E-state index contributed by atoms with van der Waals surface area (Å²) in [5.41, 5.74) is 7.30. The van der Waals surface area contributed by atoms with Crippen LogP contribution in [0.3, 0.4) is 0 Å². The number of benzene rings is 1. The summed E-state index contributed by atoms with van der Waals surface area (Å²) in [6, 6.07) is 7.68. The molecule has 102 valence electrons. The summed E-state index contributed by atoms with van der Waals surface area (Å²) in [4.78, 5) is 12.6. The molecule has 1 aliphatic rings. The van der Waals surface area contributed by atoms with Crippen molar-refractivity contribution in [3.63, 3.8) is 0 Å². The largest absolute Gasteiger partial charge is 0.389 e. The molecule has 0 heterocycles. The van der Waals surface area contributed by atoms with Gasteiger partial charge < -0.3 is 11.1 Å². The van der Waals surface area contributed by atoms with Crippen molar-refractivity contribution in [2.24, 2.45) is 11.1 Å². The minimum absolute atomic E-state index is 0.168. The highest BCUT2D eigenvalue weighted by molar-refractivity contribution is 7.80. The van der Waals surface area contributed by atoms with E-state index in [9.17, 15) is 4.79 Å². The highest BCUT2D eigenvalue weighted by Crippen LogP contribution is 2.37. The second kappa shape index (κ2) is 5.70. The predicted molar refractivity (Wildman–Crippen MR) is 80.8 cm³/mol. The maximum atomic E-state index is 12.2. The van der Waals surface area contributed by atoms with Crippen LogP contribution in [-0.2, 0) is 11.3 Å². The van der Waals surface area contributed by atoms with Gasteiger partial charge in [0, 0.05) is 17.5 Å². The molecule has 1 amide bonds. The lowest BCUT2D eigenvalue weighted by Gasteiger charge is -2.22. The van der Waals surface area contributed by atoms with Gasteiger partial charge in [-0.05, 0) is 18.4 Å². The summed E-state index contributed by atoms with van der Waals surface area (Å²) in [7, 11) is 0. The van der Waals surface area contributed by atoms with E-state index in [-0.39, 0.29) is 11.3 Å². The van der Waals surface area contributed by atoms with E-state index in [0.717, 1.165) is 36.8 Å². The second-order valence-electron chi connectivity index (χ2n) is 5.51. The summed E-state index contributed by atoms with van der Waals surface area (Å²) in [6.07, 6.45) is 4.32. The van der Waals surface area contributed by atoms with Gasteiger partial charge in [-0.25, -0.2) is 0 Å². The molecule has 1 aromatic carbocycles. The van der Waals surface area contributed by atoms with Crippen LogP contribution < -0.4 is 11.1 Å². The lowest BCUT2D eigenvalue weighted by molar-refractivity contribution is -0.130. The molecule has 2 rings (SSSR count). The molecule has 0 spiro atoms. The third-order valence-corrected chi connectivity index (χ3v) is 4.18. The normalized spacial score (nSPS) is 17.1. The zero-order valence-electron chi connectivity index (χ0n) is 11.2. The topological polar surface area (TPSA) is 55.1 Å². The van der Waals surface area contributed by atoms with Gasteiger partial charge in [0.25, 0.3) is 0 Å².